The van der Waals surface area contributed by atoms with Gasteiger partial charge in [-0.2, -0.15) is 0 Å². The van der Waals surface area contributed by atoms with Gasteiger partial charge in [0.05, 0.1) is 10.6 Å². The minimum atomic E-state index is -3.22. The lowest BCUT2D eigenvalue weighted by atomic mass is 9.92. The second kappa shape index (κ2) is 10.1. The molecule has 0 N–H and O–H groups in total. The molecular formula is C27H30N4O3S2. The molecule has 188 valence electrons. The number of piperidine rings is 1. The molecule has 0 aliphatic carbocycles. The van der Waals surface area contributed by atoms with Gasteiger partial charge in [-0.05, 0) is 68.0 Å². The van der Waals surface area contributed by atoms with E-state index in [0.29, 0.717) is 16.0 Å². The maximum atomic E-state index is 11.7. The number of ether oxygens (including phenoxy) is 1. The highest BCUT2D eigenvalue weighted by molar-refractivity contribution is 7.90. The van der Waals surface area contributed by atoms with E-state index in [1.165, 1.54) is 23.2 Å². The van der Waals surface area contributed by atoms with Gasteiger partial charge in [-0.15, -0.1) is 0 Å². The Labute approximate surface area is 216 Å². The molecule has 3 aromatic heterocycles. The summed E-state index contributed by atoms with van der Waals surface area (Å²) < 4.78 is 29.7. The van der Waals surface area contributed by atoms with Crippen molar-refractivity contribution < 1.29 is 13.2 Å². The predicted octanol–water partition coefficient (Wildman–Crippen LogP) is 5.40. The van der Waals surface area contributed by atoms with Crippen molar-refractivity contribution in [1.29, 1.82) is 0 Å². The molecular weight excluding hydrogens is 492 g/mol. The largest absolute Gasteiger partial charge is 0.467 e. The number of nitrogens with zero attached hydrogens (tertiary/aromatic N) is 4. The van der Waals surface area contributed by atoms with E-state index in [1.807, 2.05) is 18.3 Å². The summed E-state index contributed by atoms with van der Waals surface area (Å²) in [4.78, 5) is 17.5. The molecule has 1 aromatic carbocycles. The second-order valence-corrected chi connectivity index (χ2v) is 12.3. The number of thiazole rings is 1. The normalized spacial score (nSPS) is 15.8. The van der Waals surface area contributed by atoms with Gasteiger partial charge in [-0.25, -0.2) is 23.4 Å². The van der Waals surface area contributed by atoms with Crippen LogP contribution in [0.1, 0.15) is 32.3 Å². The van der Waals surface area contributed by atoms with Crippen molar-refractivity contribution in [1.82, 2.24) is 15.0 Å². The van der Waals surface area contributed by atoms with Crippen LogP contribution >= 0.6 is 11.3 Å². The van der Waals surface area contributed by atoms with Gasteiger partial charge < -0.3 is 9.64 Å². The van der Waals surface area contributed by atoms with Crippen molar-refractivity contribution in [3.8, 4) is 16.5 Å². The Bertz CT molecular complexity index is 1440. The first kappa shape index (κ1) is 24.6. The van der Waals surface area contributed by atoms with Crippen molar-refractivity contribution in [3.05, 3.63) is 60.3 Å². The maximum absolute atomic E-state index is 11.7. The number of hydrogen-bond acceptors (Lipinski definition) is 8. The minimum absolute atomic E-state index is 0.0612. The minimum Gasteiger partial charge on any atom is -0.467 e. The van der Waals surface area contributed by atoms with Gasteiger partial charge in [-0.3, -0.25) is 0 Å². The first-order valence-corrected chi connectivity index (χ1v) is 15.0. The van der Waals surface area contributed by atoms with Crippen molar-refractivity contribution in [2.75, 3.05) is 24.2 Å². The van der Waals surface area contributed by atoms with E-state index in [9.17, 15) is 8.42 Å². The Hall–Kier alpha value is -3.04. The Morgan fingerprint density at radius 1 is 1.06 bits per heavy atom. The molecule has 5 rings (SSSR count). The summed E-state index contributed by atoms with van der Waals surface area (Å²) in [5.74, 6) is 1.51. The van der Waals surface area contributed by atoms with E-state index in [0.717, 1.165) is 59.8 Å². The third kappa shape index (κ3) is 5.37. The van der Waals surface area contributed by atoms with E-state index in [-0.39, 0.29) is 6.10 Å². The molecule has 36 heavy (non-hydrogen) atoms. The molecule has 0 bridgehead atoms. The second-order valence-electron chi connectivity index (χ2n) is 9.32. The van der Waals surface area contributed by atoms with Crippen molar-refractivity contribution in [2.24, 2.45) is 5.92 Å². The number of fused-ring (bicyclic) bond motifs is 1. The number of hydrogen-bond donors (Lipinski definition) is 0. The SMILES string of the molecule is CCc1ccc(N2CCC(C(C)Oc3nc4ccc(-c5ccc(S(C)(=O)=O)cc5)nc4s3)CC2)nc1. The zero-order valence-corrected chi connectivity index (χ0v) is 22.3. The molecule has 7 nitrogen and oxygen atoms in total. The van der Waals surface area contributed by atoms with Crippen molar-refractivity contribution >= 4 is 37.3 Å². The van der Waals surface area contributed by atoms with Crippen LogP contribution in [0, 0.1) is 5.92 Å². The van der Waals surface area contributed by atoms with Crippen molar-refractivity contribution in [2.45, 2.75) is 44.1 Å². The number of pyridine rings is 2. The highest BCUT2D eigenvalue weighted by Crippen LogP contribution is 2.32. The summed E-state index contributed by atoms with van der Waals surface area (Å²) >= 11 is 1.45. The summed E-state index contributed by atoms with van der Waals surface area (Å²) in [6.45, 7) is 6.22. The fourth-order valence-corrected chi connectivity index (χ4v) is 6.05. The summed E-state index contributed by atoms with van der Waals surface area (Å²) in [7, 11) is -3.22. The Morgan fingerprint density at radius 3 is 2.44 bits per heavy atom. The number of aromatic nitrogens is 3. The molecule has 0 radical (unpaired) electrons. The number of sulfone groups is 1. The molecule has 1 atom stereocenters. The van der Waals surface area contributed by atoms with Crippen LogP contribution in [0.2, 0.25) is 0 Å². The number of benzene rings is 1. The number of anilines is 1. The fourth-order valence-electron chi connectivity index (χ4n) is 4.55. The smallest absolute Gasteiger partial charge is 0.276 e. The molecule has 9 heteroatoms. The molecule has 1 aliphatic heterocycles. The van der Waals surface area contributed by atoms with Crippen LogP contribution in [0.4, 0.5) is 5.82 Å². The average molecular weight is 523 g/mol. The van der Waals surface area contributed by atoms with Gasteiger partial charge >= 0.3 is 0 Å². The summed E-state index contributed by atoms with van der Waals surface area (Å²) in [6, 6.07) is 14.9. The van der Waals surface area contributed by atoms with E-state index in [1.54, 1.807) is 24.3 Å². The van der Waals surface area contributed by atoms with E-state index in [4.69, 9.17) is 9.72 Å². The first-order valence-electron chi connectivity index (χ1n) is 12.2. The molecule has 1 fully saturated rings. The quantitative estimate of drug-likeness (QED) is 0.321. The van der Waals surface area contributed by atoms with E-state index in [2.05, 4.69) is 40.8 Å². The number of rotatable bonds is 7. The summed E-state index contributed by atoms with van der Waals surface area (Å²) in [6.07, 6.45) is 6.35. The first-order chi connectivity index (χ1) is 17.3. The van der Waals surface area contributed by atoms with Gasteiger partial charge in [0.25, 0.3) is 5.19 Å². The van der Waals surface area contributed by atoms with Crippen LogP contribution in [0.5, 0.6) is 5.19 Å². The molecule has 1 aliphatic rings. The van der Waals surface area contributed by atoms with Crippen LogP contribution in [0.25, 0.3) is 21.6 Å². The Balaban J connectivity index is 1.22. The molecule has 0 amide bonds. The van der Waals surface area contributed by atoms with E-state index < -0.39 is 9.84 Å². The lowest BCUT2D eigenvalue weighted by Crippen LogP contribution is -2.39. The van der Waals surface area contributed by atoms with Crippen molar-refractivity contribution in [3.63, 3.8) is 0 Å². The highest BCUT2D eigenvalue weighted by Gasteiger charge is 2.26. The molecule has 1 saturated heterocycles. The maximum Gasteiger partial charge on any atom is 0.276 e. The molecule has 0 saturated carbocycles. The predicted molar refractivity (Wildman–Crippen MR) is 145 cm³/mol. The van der Waals surface area contributed by atoms with Gasteiger partial charge in [-0.1, -0.05) is 36.5 Å². The van der Waals surface area contributed by atoms with Gasteiger partial charge in [0.15, 0.2) is 9.84 Å². The Morgan fingerprint density at radius 2 is 1.81 bits per heavy atom. The molecule has 1 unspecified atom stereocenters. The Kier molecular flexibility index (Phi) is 6.94. The van der Waals surface area contributed by atoms with Crippen LogP contribution in [0.15, 0.2) is 59.6 Å². The summed E-state index contributed by atoms with van der Waals surface area (Å²) in [5, 5.41) is 0.633. The topological polar surface area (TPSA) is 85.3 Å². The van der Waals surface area contributed by atoms with E-state index >= 15 is 0 Å². The lowest BCUT2D eigenvalue weighted by molar-refractivity contribution is 0.132. The molecule has 0 spiro atoms. The third-order valence-corrected chi connectivity index (χ3v) is 8.83. The van der Waals surface area contributed by atoms with Crippen LogP contribution in [0.3, 0.4) is 0 Å². The van der Waals surface area contributed by atoms with Gasteiger partial charge in [0, 0.05) is 31.1 Å². The summed E-state index contributed by atoms with van der Waals surface area (Å²) in [5.41, 5.74) is 3.70. The third-order valence-electron chi connectivity index (χ3n) is 6.85. The molecule has 4 heterocycles. The number of aryl methyl sites for hydroxylation is 1. The van der Waals surface area contributed by atoms with Crippen LogP contribution in [-0.2, 0) is 16.3 Å². The fraction of sp³-hybridized carbons (Fsp3) is 0.370. The lowest BCUT2D eigenvalue weighted by Gasteiger charge is -2.35. The van der Waals surface area contributed by atoms with Crippen LogP contribution < -0.4 is 9.64 Å². The zero-order chi connectivity index (χ0) is 25.3. The zero-order valence-electron chi connectivity index (χ0n) is 20.7. The standard InChI is InChI=1S/C27H30N4O3S2/c1-4-19-5-12-25(28-17-19)31-15-13-20(14-16-31)18(2)34-27-30-24-11-10-23(29-26(24)35-27)21-6-8-22(9-7-21)36(3,32)33/h5-12,17-18,20H,4,13-16H2,1-3H3. The average Bonchev–Trinajstić information content (AvgIpc) is 3.30. The monoisotopic (exact) mass is 522 g/mol. The van der Waals surface area contributed by atoms with Gasteiger partial charge in [0.1, 0.15) is 22.3 Å². The highest BCUT2D eigenvalue weighted by atomic mass is 32.2. The van der Waals surface area contributed by atoms with Crippen LogP contribution in [-0.4, -0.2) is 48.8 Å². The van der Waals surface area contributed by atoms with Gasteiger partial charge in [0.2, 0.25) is 0 Å². The molecule has 4 aromatic rings.